The van der Waals surface area contributed by atoms with E-state index in [-0.39, 0.29) is 17.4 Å². The summed E-state index contributed by atoms with van der Waals surface area (Å²) in [6, 6.07) is 20.1. The molecule has 31 heavy (non-hydrogen) atoms. The highest BCUT2D eigenvalue weighted by atomic mass is 19.1. The largest absolute Gasteiger partial charge is 0.465 e. The van der Waals surface area contributed by atoms with Gasteiger partial charge in [-0.25, -0.2) is 14.2 Å². The Hall–Kier alpha value is -4.06. The van der Waals surface area contributed by atoms with Crippen molar-refractivity contribution in [3.63, 3.8) is 0 Å². The van der Waals surface area contributed by atoms with Gasteiger partial charge in [-0.2, -0.15) is 0 Å². The number of ether oxygens (including phenoxy) is 1. The number of amidine groups is 1. The van der Waals surface area contributed by atoms with Crippen LogP contribution in [0.5, 0.6) is 0 Å². The maximum atomic E-state index is 13.4. The van der Waals surface area contributed by atoms with Crippen LogP contribution in [0, 0.1) is 12.7 Å². The van der Waals surface area contributed by atoms with Gasteiger partial charge < -0.3 is 4.74 Å². The zero-order valence-corrected chi connectivity index (χ0v) is 17.0. The Bertz CT molecular complexity index is 1200. The normalized spacial score (nSPS) is 14.7. The molecule has 0 radical (unpaired) electrons. The Morgan fingerprint density at radius 3 is 2.23 bits per heavy atom. The first-order valence-corrected chi connectivity index (χ1v) is 9.62. The Morgan fingerprint density at radius 1 is 0.968 bits per heavy atom. The smallest absolute Gasteiger partial charge is 0.337 e. The number of amides is 1. The molecule has 1 heterocycles. The summed E-state index contributed by atoms with van der Waals surface area (Å²) in [6.07, 6.45) is 1.65. The van der Waals surface area contributed by atoms with E-state index in [0.29, 0.717) is 28.2 Å². The summed E-state index contributed by atoms with van der Waals surface area (Å²) in [7, 11) is 1.32. The number of anilines is 1. The quantitative estimate of drug-likeness (QED) is 0.457. The van der Waals surface area contributed by atoms with E-state index < -0.39 is 5.97 Å². The predicted octanol–water partition coefficient (Wildman–Crippen LogP) is 4.76. The van der Waals surface area contributed by atoms with Gasteiger partial charge in [0.25, 0.3) is 5.91 Å². The number of carbonyl (C=O) groups excluding carboxylic acids is 2. The summed E-state index contributed by atoms with van der Waals surface area (Å²) in [5, 5.41) is 0. The molecule has 0 saturated heterocycles. The van der Waals surface area contributed by atoms with Crippen LogP contribution >= 0.6 is 0 Å². The van der Waals surface area contributed by atoms with Crippen LogP contribution in [0.15, 0.2) is 83.5 Å². The molecule has 3 aromatic rings. The van der Waals surface area contributed by atoms with Crippen molar-refractivity contribution in [1.29, 1.82) is 0 Å². The van der Waals surface area contributed by atoms with Crippen molar-refractivity contribution >= 4 is 29.5 Å². The molecule has 0 aliphatic carbocycles. The third-order valence-corrected chi connectivity index (χ3v) is 4.89. The van der Waals surface area contributed by atoms with E-state index in [1.807, 2.05) is 31.2 Å². The molecule has 0 saturated carbocycles. The number of esters is 1. The maximum absolute atomic E-state index is 13.4. The summed E-state index contributed by atoms with van der Waals surface area (Å²) in [5.74, 6) is -0.665. The van der Waals surface area contributed by atoms with Gasteiger partial charge in [-0.15, -0.1) is 0 Å². The molecule has 0 bridgehead atoms. The maximum Gasteiger partial charge on any atom is 0.337 e. The van der Waals surface area contributed by atoms with Crippen molar-refractivity contribution in [3.8, 4) is 0 Å². The lowest BCUT2D eigenvalue weighted by Gasteiger charge is -2.18. The van der Waals surface area contributed by atoms with Gasteiger partial charge in [0, 0.05) is 5.56 Å². The van der Waals surface area contributed by atoms with E-state index in [9.17, 15) is 14.0 Å². The molecule has 5 nitrogen and oxygen atoms in total. The molecule has 4 rings (SSSR count). The van der Waals surface area contributed by atoms with Gasteiger partial charge in [0.1, 0.15) is 17.3 Å². The zero-order chi connectivity index (χ0) is 22.0. The lowest BCUT2D eigenvalue weighted by atomic mass is 10.1. The number of rotatable bonds is 4. The van der Waals surface area contributed by atoms with Gasteiger partial charge in [0.05, 0.1) is 18.4 Å². The van der Waals surface area contributed by atoms with Crippen LogP contribution in [0.2, 0.25) is 0 Å². The zero-order valence-electron chi connectivity index (χ0n) is 17.0. The van der Waals surface area contributed by atoms with Crippen molar-refractivity contribution in [2.45, 2.75) is 6.92 Å². The molecule has 0 spiro atoms. The third kappa shape index (κ3) is 4.14. The predicted molar refractivity (Wildman–Crippen MR) is 117 cm³/mol. The van der Waals surface area contributed by atoms with E-state index in [2.05, 4.69) is 4.99 Å². The molecule has 1 amide bonds. The molecule has 154 valence electrons. The molecule has 6 heteroatoms. The van der Waals surface area contributed by atoms with Gasteiger partial charge in [-0.3, -0.25) is 9.69 Å². The second-order valence-electron chi connectivity index (χ2n) is 7.06. The lowest BCUT2D eigenvalue weighted by molar-refractivity contribution is -0.113. The first kappa shape index (κ1) is 20.2. The van der Waals surface area contributed by atoms with Crippen molar-refractivity contribution in [3.05, 3.63) is 107 Å². The number of carbonyl (C=O) groups is 2. The van der Waals surface area contributed by atoms with Crippen LogP contribution in [0.25, 0.3) is 6.08 Å². The minimum Gasteiger partial charge on any atom is -0.465 e. The Labute approximate surface area is 179 Å². The average Bonchev–Trinajstić information content (AvgIpc) is 3.10. The fourth-order valence-electron chi connectivity index (χ4n) is 3.23. The number of hydrogen-bond acceptors (Lipinski definition) is 4. The lowest BCUT2D eigenvalue weighted by Crippen LogP contribution is -2.32. The highest BCUT2D eigenvalue weighted by Crippen LogP contribution is 2.28. The molecular formula is C25H19FN2O3. The highest BCUT2D eigenvalue weighted by molar-refractivity contribution is 6.33. The van der Waals surface area contributed by atoms with Gasteiger partial charge in [-0.1, -0.05) is 29.8 Å². The minimum atomic E-state index is -0.432. The number of aliphatic imine (C=N–C) groups is 1. The summed E-state index contributed by atoms with van der Waals surface area (Å²) in [5.41, 5.74) is 3.73. The fourth-order valence-corrected chi connectivity index (χ4v) is 3.23. The van der Waals surface area contributed by atoms with Gasteiger partial charge >= 0.3 is 5.97 Å². The van der Waals surface area contributed by atoms with Crippen molar-refractivity contribution < 1.29 is 18.7 Å². The molecule has 0 atom stereocenters. The van der Waals surface area contributed by atoms with Crippen LogP contribution < -0.4 is 4.90 Å². The second-order valence-corrected chi connectivity index (χ2v) is 7.06. The molecule has 1 aliphatic rings. The van der Waals surface area contributed by atoms with E-state index in [1.165, 1.54) is 24.1 Å². The summed E-state index contributed by atoms with van der Waals surface area (Å²) in [6.45, 7) is 1.97. The number of methoxy groups -OCH3 is 1. The SMILES string of the molecule is COC(=O)c1ccc(/C=C2/N=C(c3ccc(F)cc3)N(c3ccc(C)cc3)C2=O)cc1. The summed E-state index contributed by atoms with van der Waals surface area (Å²) < 4.78 is 18.1. The Morgan fingerprint density at radius 2 is 1.61 bits per heavy atom. The first-order valence-electron chi connectivity index (χ1n) is 9.62. The summed E-state index contributed by atoms with van der Waals surface area (Å²) >= 11 is 0. The Kier molecular flexibility index (Phi) is 5.45. The Balaban J connectivity index is 1.75. The molecule has 3 aromatic carbocycles. The number of nitrogens with zero attached hydrogens (tertiary/aromatic N) is 2. The standard InChI is InChI=1S/C25H19FN2O3/c1-16-3-13-21(14-4-16)28-23(18-9-11-20(26)12-10-18)27-22(24(28)29)15-17-5-7-19(8-6-17)25(30)31-2/h3-15H,1-2H3/b22-15+. The topological polar surface area (TPSA) is 59.0 Å². The third-order valence-electron chi connectivity index (χ3n) is 4.89. The monoisotopic (exact) mass is 414 g/mol. The van der Waals surface area contributed by atoms with E-state index in [4.69, 9.17) is 4.74 Å². The van der Waals surface area contributed by atoms with Crippen LogP contribution in [-0.2, 0) is 9.53 Å². The second kappa shape index (κ2) is 8.36. The number of aryl methyl sites for hydroxylation is 1. The van der Waals surface area contributed by atoms with E-state index in [1.54, 1.807) is 42.5 Å². The summed E-state index contributed by atoms with van der Waals surface area (Å²) in [4.78, 5) is 31.0. The molecule has 0 fully saturated rings. The number of hydrogen-bond donors (Lipinski definition) is 0. The molecule has 1 aliphatic heterocycles. The van der Waals surface area contributed by atoms with Crippen LogP contribution in [0.1, 0.15) is 27.0 Å². The average molecular weight is 414 g/mol. The molecule has 0 unspecified atom stereocenters. The van der Waals surface area contributed by atoms with Crippen LogP contribution in [0.4, 0.5) is 10.1 Å². The highest BCUT2D eigenvalue weighted by Gasteiger charge is 2.32. The van der Waals surface area contributed by atoms with Gasteiger partial charge in [-0.05, 0) is 67.1 Å². The van der Waals surface area contributed by atoms with Gasteiger partial charge in [0.15, 0.2) is 0 Å². The van der Waals surface area contributed by atoms with E-state index >= 15 is 0 Å². The molecule has 0 aromatic heterocycles. The molecule has 0 N–H and O–H groups in total. The number of benzene rings is 3. The van der Waals surface area contributed by atoms with Crippen molar-refractivity contribution in [2.24, 2.45) is 4.99 Å². The van der Waals surface area contributed by atoms with Gasteiger partial charge in [0.2, 0.25) is 0 Å². The minimum absolute atomic E-state index is 0.241. The van der Waals surface area contributed by atoms with Crippen LogP contribution in [-0.4, -0.2) is 24.8 Å². The van der Waals surface area contributed by atoms with Crippen molar-refractivity contribution in [2.75, 3.05) is 12.0 Å². The van der Waals surface area contributed by atoms with Crippen LogP contribution in [0.3, 0.4) is 0 Å². The first-order chi connectivity index (χ1) is 15.0. The molecular weight excluding hydrogens is 395 g/mol. The van der Waals surface area contributed by atoms with E-state index in [0.717, 1.165) is 5.56 Å². The number of halogens is 1. The fraction of sp³-hybridized carbons (Fsp3) is 0.0800. The van der Waals surface area contributed by atoms with Crippen molar-refractivity contribution in [1.82, 2.24) is 0 Å².